The number of carbonyl (C=O) groups excluding carboxylic acids is 3. The summed E-state index contributed by atoms with van der Waals surface area (Å²) < 4.78 is 20.7. The van der Waals surface area contributed by atoms with Gasteiger partial charge < -0.3 is 29.9 Å². The van der Waals surface area contributed by atoms with Crippen LogP contribution >= 0.6 is 11.6 Å². The summed E-state index contributed by atoms with van der Waals surface area (Å²) in [5.74, 6) is -0.200. The number of nitrogens with zero attached hydrogens (tertiary/aromatic N) is 6. The van der Waals surface area contributed by atoms with Gasteiger partial charge in [0, 0.05) is 75.5 Å². The quantitative estimate of drug-likeness (QED) is 0.229. The lowest BCUT2D eigenvalue weighted by atomic mass is 10.0. The molecule has 0 bridgehead atoms. The molecule has 15 heteroatoms. The zero-order chi connectivity index (χ0) is 38.0. The summed E-state index contributed by atoms with van der Waals surface area (Å²) in [6, 6.07) is 15.9. The van der Waals surface area contributed by atoms with Crippen LogP contribution in [-0.4, -0.2) is 100 Å². The molecule has 9 rings (SSSR count). The van der Waals surface area contributed by atoms with Gasteiger partial charge in [-0.15, -0.1) is 10.2 Å². The molecule has 0 spiro atoms. The Balaban J connectivity index is 0.800. The number of anilines is 3. The van der Waals surface area contributed by atoms with Crippen molar-refractivity contribution in [3.63, 3.8) is 0 Å². The van der Waals surface area contributed by atoms with Crippen LogP contribution in [0.1, 0.15) is 46.3 Å². The molecule has 284 valence electrons. The summed E-state index contributed by atoms with van der Waals surface area (Å²) in [6.45, 7) is 8.04. The third-order valence-corrected chi connectivity index (χ3v) is 11.8. The fourth-order valence-electron chi connectivity index (χ4n) is 8.54. The molecule has 3 saturated heterocycles. The maximum absolute atomic E-state index is 14.1. The first-order valence-corrected chi connectivity index (χ1v) is 19.0. The Kier molecular flexibility index (Phi) is 8.96. The summed E-state index contributed by atoms with van der Waals surface area (Å²) in [6.07, 6.45) is 1.34. The highest BCUT2D eigenvalue weighted by molar-refractivity contribution is 6.32. The minimum absolute atomic E-state index is 0.0558. The second-order valence-corrected chi connectivity index (χ2v) is 15.4. The van der Waals surface area contributed by atoms with Crippen LogP contribution in [0.4, 0.5) is 21.6 Å². The number of benzene rings is 3. The van der Waals surface area contributed by atoms with Crippen molar-refractivity contribution in [3.05, 3.63) is 87.7 Å². The molecule has 0 saturated carbocycles. The molecular weight excluding hydrogens is 727 g/mol. The van der Waals surface area contributed by atoms with E-state index in [1.807, 2.05) is 18.2 Å². The molecule has 5 aliphatic rings. The van der Waals surface area contributed by atoms with E-state index in [1.165, 1.54) is 11.6 Å². The van der Waals surface area contributed by atoms with E-state index in [2.05, 4.69) is 60.7 Å². The first kappa shape index (κ1) is 35.2. The molecular formula is C40H40ClFN8O5. The van der Waals surface area contributed by atoms with Gasteiger partial charge in [-0.25, -0.2) is 4.39 Å². The number of fused-ring (bicyclic) bond motifs is 4. The number of nitrogens with one attached hydrogen (secondary N) is 2. The second-order valence-electron chi connectivity index (χ2n) is 15.0. The molecule has 3 N–H and O–H groups in total. The van der Waals surface area contributed by atoms with Gasteiger partial charge in [0.2, 0.25) is 11.8 Å². The smallest absolute Gasteiger partial charge is 0.255 e. The van der Waals surface area contributed by atoms with Crippen LogP contribution in [0.15, 0.2) is 54.6 Å². The van der Waals surface area contributed by atoms with E-state index in [9.17, 15) is 23.9 Å². The van der Waals surface area contributed by atoms with Crippen molar-refractivity contribution < 1.29 is 28.6 Å². The van der Waals surface area contributed by atoms with Crippen LogP contribution in [0, 0.1) is 12.7 Å². The number of phenols is 1. The lowest BCUT2D eigenvalue weighted by molar-refractivity contribution is -0.136. The number of aromatic nitrogens is 2. The van der Waals surface area contributed by atoms with E-state index in [0.717, 1.165) is 73.5 Å². The zero-order valence-electron chi connectivity index (χ0n) is 30.2. The topological polar surface area (TPSA) is 143 Å². The van der Waals surface area contributed by atoms with Crippen molar-refractivity contribution in [3.8, 4) is 22.8 Å². The van der Waals surface area contributed by atoms with Crippen molar-refractivity contribution >= 4 is 46.5 Å². The Morgan fingerprint density at radius 2 is 1.82 bits per heavy atom. The SMILES string of the molecule is Cc1cc(O[C@@H]2C[C@@H]3CNc4nnc(-c5cc(F)cc(Cl)c5O)cc4N3C2)ccc1CN1CCN(c2ccc3c(c2)C(=O)N(C2CCC(=O)NC2=O)C3)CC1. The Labute approximate surface area is 322 Å². The van der Waals surface area contributed by atoms with Gasteiger partial charge in [0.15, 0.2) is 5.82 Å². The number of rotatable bonds is 7. The molecule has 6 heterocycles. The highest BCUT2D eigenvalue weighted by atomic mass is 35.5. The van der Waals surface area contributed by atoms with Gasteiger partial charge >= 0.3 is 0 Å². The van der Waals surface area contributed by atoms with Gasteiger partial charge in [-0.1, -0.05) is 23.7 Å². The fraction of sp³-hybridized carbons (Fsp3) is 0.375. The number of hydrogen-bond donors (Lipinski definition) is 3. The molecule has 1 unspecified atom stereocenters. The molecule has 0 aliphatic carbocycles. The molecule has 4 aromatic rings. The number of aromatic hydroxyl groups is 1. The van der Waals surface area contributed by atoms with E-state index in [1.54, 1.807) is 11.0 Å². The largest absolute Gasteiger partial charge is 0.506 e. The number of phenolic OH excluding ortho intramolecular Hbond substituents is 1. The van der Waals surface area contributed by atoms with E-state index in [4.69, 9.17) is 16.3 Å². The zero-order valence-corrected chi connectivity index (χ0v) is 31.0. The summed E-state index contributed by atoms with van der Waals surface area (Å²) in [5, 5.41) is 24.7. The van der Waals surface area contributed by atoms with Gasteiger partial charge in [0.25, 0.3) is 5.91 Å². The fourth-order valence-corrected chi connectivity index (χ4v) is 8.74. The molecule has 5 aliphatic heterocycles. The van der Waals surface area contributed by atoms with Crippen LogP contribution in [0.5, 0.6) is 11.5 Å². The van der Waals surface area contributed by atoms with Gasteiger partial charge in [0.05, 0.1) is 29.0 Å². The summed E-state index contributed by atoms with van der Waals surface area (Å²) >= 11 is 6.03. The van der Waals surface area contributed by atoms with E-state index in [-0.39, 0.29) is 46.7 Å². The molecule has 3 aromatic carbocycles. The number of imide groups is 1. The minimum atomic E-state index is -0.618. The van der Waals surface area contributed by atoms with E-state index in [0.29, 0.717) is 43.1 Å². The van der Waals surface area contributed by atoms with Crippen molar-refractivity contribution in [2.75, 3.05) is 54.4 Å². The Bertz CT molecular complexity index is 2230. The minimum Gasteiger partial charge on any atom is -0.506 e. The predicted molar refractivity (Wildman–Crippen MR) is 204 cm³/mol. The van der Waals surface area contributed by atoms with E-state index < -0.39 is 17.8 Å². The molecule has 1 aromatic heterocycles. The number of ether oxygens (including phenoxy) is 1. The highest BCUT2D eigenvalue weighted by Gasteiger charge is 2.40. The van der Waals surface area contributed by atoms with Crippen LogP contribution in [-0.2, 0) is 22.7 Å². The molecule has 0 radical (unpaired) electrons. The van der Waals surface area contributed by atoms with Crippen LogP contribution in [0.3, 0.4) is 0 Å². The predicted octanol–water partition coefficient (Wildman–Crippen LogP) is 4.49. The monoisotopic (exact) mass is 766 g/mol. The van der Waals surface area contributed by atoms with Crippen molar-refractivity contribution in [2.45, 2.75) is 57.5 Å². The first-order chi connectivity index (χ1) is 26.6. The van der Waals surface area contributed by atoms with Gasteiger partial charge in [-0.2, -0.15) is 0 Å². The summed E-state index contributed by atoms with van der Waals surface area (Å²) in [4.78, 5) is 46.0. The molecule has 55 heavy (non-hydrogen) atoms. The molecule has 3 atom stereocenters. The van der Waals surface area contributed by atoms with Crippen molar-refractivity contribution in [1.29, 1.82) is 0 Å². The summed E-state index contributed by atoms with van der Waals surface area (Å²) in [5.41, 5.74) is 6.28. The molecule has 3 amide bonds. The number of halogens is 2. The van der Waals surface area contributed by atoms with Crippen molar-refractivity contribution in [2.24, 2.45) is 0 Å². The standard InChI is InChI=1S/C40H40ClFN8O5/c1-22-12-28(55-29-15-27-18-43-38-35(49(27)21-29)17-33(45-46-38)31-13-25(42)14-32(41)37(31)52)5-3-23(22)19-47-8-10-48(11-9-47)26-4-2-24-20-50(40(54)30(24)16-26)34-6-7-36(51)44-39(34)53/h2-5,12-14,16-17,27,29,34,52H,6-11,15,18-21H2,1H3,(H,43,46)(H,44,51,53)/t27-,29-,34?/m1/s1. The normalized spacial score (nSPS) is 22.3. The molecule has 3 fully saturated rings. The first-order valence-electron chi connectivity index (χ1n) is 18.7. The van der Waals surface area contributed by atoms with Gasteiger partial charge in [0.1, 0.15) is 29.5 Å². The van der Waals surface area contributed by atoms with Gasteiger partial charge in [-0.3, -0.25) is 24.6 Å². The van der Waals surface area contributed by atoms with Crippen LogP contribution in [0.25, 0.3) is 11.3 Å². The third-order valence-electron chi connectivity index (χ3n) is 11.5. The number of carbonyl (C=O) groups is 3. The van der Waals surface area contributed by atoms with Gasteiger partial charge in [-0.05, 0) is 72.5 Å². The Morgan fingerprint density at radius 1 is 0.982 bits per heavy atom. The number of aryl methyl sites for hydroxylation is 1. The Hall–Kier alpha value is -5.47. The maximum Gasteiger partial charge on any atom is 0.255 e. The average molecular weight is 767 g/mol. The lowest BCUT2D eigenvalue weighted by Crippen LogP contribution is -2.52. The van der Waals surface area contributed by atoms with Crippen LogP contribution in [0.2, 0.25) is 5.02 Å². The number of piperidine rings is 1. The second kappa shape index (κ2) is 14.0. The maximum atomic E-state index is 14.1. The van der Waals surface area contributed by atoms with Crippen LogP contribution < -0.4 is 25.2 Å². The third kappa shape index (κ3) is 6.67. The molecule has 13 nitrogen and oxygen atoms in total. The number of hydrogen-bond acceptors (Lipinski definition) is 11. The number of amides is 3. The average Bonchev–Trinajstić information content (AvgIpc) is 3.74. The lowest BCUT2D eigenvalue weighted by Gasteiger charge is -2.36. The van der Waals surface area contributed by atoms with Crippen molar-refractivity contribution in [1.82, 2.24) is 25.3 Å². The number of piperazine rings is 1. The Morgan fingerprint density at radius 3 is 2.62 bits per heavy atom. The highest BCUT2D eigenvalue weighted by Crippen LogP contribution is 2.41. The van der Waals surface area contributed by atoms with E-state index >= 15 is 0 Å². The summed E-state index contributed by atoms with van der Waals surface area (Å²) in [7, 11) is 0.